The molecule has 1 aliphatic rings. The lowest BCUT2D eigenvalue weighted by Gasteiger charge is -2.41. The Hall–Kier alpha value is -0.900. The number of hydrogen-bond acceptors (Lipinski definition) is 10. The van der Waals surface area contributed by atoms with E-state index in [0.29, 0.717) is 12.8 Å². The average Bonchev–Trinajstić information content (AvgIpc) is 3.39. The van der Waals surface area contributed by atoms with Crippen molar-refractivity contribution in [2.75, 3.05) is 13.2 Å². The summed E-state index contributed by atoms with van der Waals surface area (Å²) in [6.07, 6.45) is 54.8. The van der Waals surface area contributed by atoms with Gasteiger partial charge in [0.15, 0.2) is 6.29 Å². The molecule has 0 aromatic carbocycles. The van der Waals surface area contributed by atoms with Gasteiger partial charge < -0.3 is 35.2 Å². The van der Waals surface area contributed by atoms with Gasteiger partial charge in [-0.1, -0.05) is 316 Å². The highest BCUT2D eigenvalue weighted by Crippen LogP contribution is 2.27. The predicted octanol–water partition coefficient (Wildman–Crippen LogP) is 16.0. The van der Waals surface area contributed by atoms with Crippen LogP contribution in [0.2, 0.25) is 0 Å². The van der Waals surface area contributed by atoms with Gasteiger partial charge >= 0.3 is 10.4 Å². The molecule has 1 fully saturated rings. The molecular weight excluding hydrogens is 967 g/mol. The van der Waals surface area contributed by atoms with Crippen LogP contribution >= 0.6 is 0 Å². The zero-order valence-corrected chi connectivity index (χ0v) is 49.7. The maximum Gasteiger partial charge on any atom is 0.397 e. The van der Waals surface area contributed by atoms with Crippen LogP contribution < -0.4 is 5.32 Å². The van der Waals surface area contributed by atoms with Crippen LogP contribution in [-0.4, -0.2) is 95.4 Å². The van der Waals surface area contributed by atoms with Crippen molar-refractivity contribution >= 4 is 16.3 Å². The Labute approximate surface area is 462 Å². The first-order valence-electron chi connectivity index (χ1n) is 32.4. The molecule has 0 aromatic rings. The first kappa shape index (κ1) is 72.1. The molecule has 0 radical (unpaired) electrons. The third-order valence-corrected chi connectivity index (χ3v) is 16.4. The number of nitrogens with one attached hydrogen (secondary N) is 1. The predicted molar refractivity (Wildman–Crippen MR) is 310 cm³/mol. The zero-order valence-electron chi connectivity index (χ0n) is 48.9. The Morgan fingerprint density at radius 2 is 0.773 bits per heavy atom. The molecule has 0 bridgehead atoms. The van der Waals surface area contributed by atoms with Crippen LogP contribution in [-0.2, 0) is 28.9 Å². The summed E-state index contributed by atoms with van der Waals surface area (Å²) < 4.78 is 47.8. The second-order valence-corrected chi connectivity index (χ2v) is 24.1. The lowest BCUT2D eigenvalue weighted by atomic mass is 9.99. The maximum atomic E-state index is 13.1. The number of ether oxygens (including phenoxy) is 2. The molecule has 0 spiro atoms. The summed E-state index contributed by atoms with van der Waals surface area (Å²) in [5, 5.41) is 44.9. The number of carbonyl (C=O) groups excluding carboxylic acids is 1. The van der Waals surface area contributed by atoms with Gasteiger partial charge in [-0.25, -0.2) is 4.18 Å². The van der Waals surface area contributed by atoms with Gasteiger partial charge in [0.2, 0.25) is 5.91 Å². The monoisotopic (exact) mass is 1090 g/mol. The standard InChI is InChI=1S/C62H123NO11S/c1-3-5-7-9-11-13-14-15-16-17-18-19-20-21-22-23-24-25-26-27-28-29-30-31-32-33-34-35-36-37-38-39-40-41-42-44-46-48-50-52-58(66)63-55(56(65)51-49-47-45-43-12-10-8-6-4-2)54-72-62-60(68)61(74-75(69,70)71)59(67)57(53-64)73-62/h55-57,59-62,64-65,67-68H,3-54H2,1-2H3,(H,63,66)(H,69,70,71). The lowest BCUT2D eigenvalue weighted by molar-refractivity contribution is -0.298. The average molecular weight is 1090 g/mol. The van der Waals surface area contributed by atoms with E-state index in [1.165, 1.54) is 257 Å². The second-order valence-electron chi connectivity index (χ2n) is 23.1. The summed E-state index contributed by atoms with van der Waals surface area (Å²) in [6, 6.07) is -0.851. The van der Waals surface area contributed by atoms with Crippen molar-refractivity contribution in [3.05, 3.63) is 0 Å². The van der Waals surface area contributed by atoms with Crippen LogP contribution in [0.3, 0.4) is 0 Å². The van der Waals surface area contributed by atoms with E-state index in [1.807, 2.05) is 0 Å². The van der Waals surface area contributed by atoms with Crippen molar-refractivity contribution in [2.45, 2.75) is 378 Å². The SMILES string of the molecule is CCCCCCCCCCCCCCCCCCCCCCCCCCCCCCCCCCCCCCCCCC(=O)NC(COC1OC(CO)C(O)C(OS(=O)(=O)O)C1O)C(O)CCCCCCCCCCC. The van der Waals surface area contributed by atoms with E-state index in [2.05, 4.69) is 23.3 Å². The largest absolute Gasteiger partial charge is 0.397 e. The normalized spacial score (nSPS) is 18.9. The van der Waals surface area contributed by atoms with E-state index < -0.39 is 59.9 Å². The molecule has 1 heterocycles. The molecule has 0 saturated carbocycles. The number of rotatable bonds is 58. The Bertz CT molecular complexity index is 1330. The number of aliphatic hydroxyl groups is 4. The molecule has 7 unspecified atom stereocenters. The van der Waals surface area contributed by atoms with E-state index in [4.69, 9.17) is 9.47 Å². The van der Waals surface area contributed by atoms with Crippen LogP contribution in [0.25, 0.3) is 0 Å². The summed E-state index contributed by atoms with van der Waals surface area (Å²) in [6.45, 7) is 3.46. The van der Waals surface area contributed by atoms with Gasteiger partial charge in [0.1, 0.15) is 24.4 Å². The minimum absolute atomic E-state index is 0.224. The Morgan fingerprint density at radius 1 is 0.480 bits per heavy atom. The van der Waals surface area contributed by atoms with E-state index in [1.54, 1.807) is 0 Å². The highest BCUT2D eigenvalue weighted by Gasteiger charge is 2.48. The molecule has 75 heavy (non-hydrogen) atoms. The van der Waals surface area contributed by atoms with Gasteiger partial charge in [0, 0.05) is 6.42 Å². The minimum atomic E-state index is -5.07. The molecule has 1 rings (SSSR count). The summed E-state index contributed by atoms with van der Waals surface area (Å²) >= 11 is 0. The summed E-state index contributed by atoms with van der Waals surface area (Å²) in [5.74, 6) is -0.224. The molecular formula is C62H123NO11S. The van der Waals surface area contributed by atoms with E-state index >= 15 is 0 Å². The van der Waals surface area contributed by atoms with Gasteiger partial charge in [-0.15, -0.1) is 0 Å². The quantitative estimate of drug-likeness (QED) is 0.0251. The van der Waals surface area contributed by atoms with Crippen LogP contribution in [0.5, 0.6) is 0 Å². The molecule has 12 nitrogen and oxygen atoms in total. The summed E-state index contributed by atoms with van der Waals surface area (Å²) in [5.41, 5.74) is 0. The van der Waals surface area contributed by atoms with Crippen molar-refractivity contribution in [3.8, 4) is 0 Å². The van der Waals surface area contributed by atoms with Crippen molar-refractivity contribution in [2.24, 2.45) is 0 Å². The number of amides is 1. The molecule has 0 aromatic heterocycles. The highest BCUT2D eigenvalue weighted by atomic mass is 32.3. The van der Waals surface area contributed by atoms with Crippen molar-refractivity contribution in [1.82, 2.24) is 5.32 Å². The van der Waals surface area contributed by atoms with Crippen LogP contribution in [0.15, 0.2) is 0 Å². The van der Waals surface area contributed by atoms with Gasteiger partial charge in [-0.3, -0.25) is 9.35 Å². The molecule has 1 amide bonds. The zero-order chi connectivity index (χ0) is 54.7. The van der Waals surface area contributed by atoms with Crippen LogP contribution in [0, 0.1) is 0 Å². The molecule has 1 saturated heterocycles. The van der Waals surface area contributed by atoms with Crippen LogP contribution in [0.4, 0.5) is 0 Å². The first-order chi connectivity index (χ1) is 36.5. The van der Waals surface area contributed by atoms with Gasteiger partial charge in [-0.05, 0) is 12.8 Å². The number of carbonyl (C=O) groups is 1. The Morgan fingerprint density at radius 3 is 1.07 bits per heavy atom. The minimum Gasteiger partial charge on any atom is -0.394 e. The maximum absolute atomic E-state index is 13.1. The third-order valence-electron chi connectivity index (χ3n) is 15.9. The van der Waals surface area contributed by atoms with Crippen molar-refractivity contribution in [1.29, 1.82) is 0 Å². The van der Waals surface area contributed by atoms with Gasteiger partial charge in [0.05, 0.1) is 25.4 Å². The Kier molecular flexibility index (Phi) is 50.5. The van der Waals surface area contributed by atoms with Crippen molar-refractivity contribution in [3.63, 3.8) is 0 Å². The van der Waals surface area contributed by atoms with Crippen molar-refractivity contribution < 1.29 is 51.8 Å². The number of hydrogen-bond donors (Lipinski definition) is 6. The Balaban J connectivity index is 2.05. The molecule has 1 aliphatic heterocycles. The summed E-state index contributed by atoms with van der Waals surface area (Å²) in [7, 11) is -5.07. The second kappa shape index (κ2) is 52.5. The van der Waals surface area contributed by atoms with E-state index in [-0.39, 0.29) is 12.5 Å². The number of unbranched alkanes of at least 4 members (excludes halogenated alkanes) is 46. The molecule has 6 N–H and O–H groups in total. The molecule has 0 aliphatic carbocycles. The third kappa shape index (κ3) is 44.5. The fourth-order valence-electron chi connectivity index (χ4n) is 10.9. The smallest absolute Gasteiger partial charge is 0.394 e. The van der Waals surface area contributed by atoms with Crippen LogP contribution in [0.1, 0.15) is 335 Å². The van der Waals surface area contributed by atoms with E-state index in [9.17, 15) is 38.2 Å². The first-order valence-corrected chi connectivity index (χ1v) is 33.8. The topological polar surface area (TPSA) is 192 Å². The number of aliphatic hydroxyl groups excluding tert-OH is 4. The van der Waals surface area contributed by atoms with E-state index in [0.717, 1.165) is 51.4 Å². The molecule has 448 valence electrons. The molecule has 7 atom stereocenters. The fourth-order valence-corrected chi connectivity index (χ4v) is 11.4. The lowest BCUT2D eigenvalue weighted by Crippen LogP contribution is -2.61. The van der Waals surface area contributed by atoms with Gasteiger partial charge in [0.25, 0.3) is 0 Å². The summed E-state index contributed by atoms with van der Waals surface area (Å²) in [4.78, 5) is 13.1. The fraction of sp³-hybridized carbons (Fsp3) is 0.984. The van der Waals surface area contributed by atoms with Gasteiger partial charge in [-0.2, -0.15) is 8.42 Å². The highest BCUT2D eigenvalue weighted by molar-refractivity contribution is 7.80. The molecule has 13 heteroatoms.